The lowest BCUT2D eigenvalue weighted by molar-refractivity contribution is -0.161. The number of alkyl halides is 1. The van der Waals surface area contributed by atoms with Gasteiger partial charge in [-0.15, -0.1) is 0 Å². The van der Waals surface area contributed by atoms with Gasteiger partial charge in [0.2, 0.25) is 0 Å². The standard InChI is InChI=1S/C21H29FO3/c1-12(23)25-19-18(22)11-17-15-5-4-13-10-14(24)6-8-20(13,2)16(15)7-9-21(17,19)3/h6,8,10,13,15-19,24H,4-5,7,9,11H2,1-3H3/t13-,15-,16+,17+,18-,19+,20+,21+/m1/s1. The van der Waals surface area contributed by atoms with Gasteiger partial charge in [-0.2, -0.15) is 0 Å². The number of rotatable bonds is 1. The summed E-state index contributed by atoms with van der Waals surface area (Å²) in [6.07, 6.45) is 8.97. The summed E-state index contributed by atoms with van der Waals surface area (Å²) in [7, 11) is 0. The molecule has 0 spiro atoms. The van der Waals surface area contributed by atoms with E-state index in [-0.39, 0.29) is 22.7 Å². The van der Waals surface area contributed by atoms with E-state index in [9.17, 15) is 14.3 Å². The monoisotopic (exact) mass is 348 g/mol. The van der Waals surface area contributed by atoms with E-state index in [1.165, 1.54) is 6.92 Å². The van der Waals surface area contributed by atoms with E-state index in [2.05, 4.69) is 19.9 Å². The highest BCUT2D eigenvalue weighted by atomic mass is 19.1. The van der Waals surface area contributed by atoms with Crippen molar-refractivity contribution < 1.29 is 19.0 Å². The Hall–Kier alpha value is -1.32. The van der Waals surface area contributed by atoms with Crippen LogP contribution in [0.4, 0.5) is 4.39 Å². The molecule has 0 amide bonds. The van der Waals surface area contributed by atoms with Crippen LogP contribution in [0.5, 0.6) is 0 Å². The van der Waals surface area contributed by atoms with E-state index in [1.807, 2.05) is 12.2 Å². The molecule has 3 fully saturated rings. The number of aliphatic hydroxyl groups excluding tert-OH is 1. The van der Waals surface area contributed by atoms with Gasteiger partial charge >= 0.3 is 5.97 Å². The average molecular weight is 348 g/mol. The molecular weight excluding hydrogens is 319 g/mol. The van der Waals surface area contributed by atoms with Gasteiger partial charge in [0.25, 0.3) is 0 Å². The Morgan fingerprint density at radius 2 is 2.04 bits per heavy atom. The molecule has 0 aromatic heterocycles. The van der Waals surface area contributed by atoms with Crippen LogP contribution >= 0.6 is 0 Å². The molecule has 4 aliphatic carbocycles. The normalized spacial score (nSPS) is 51.1. The van der Waals surface area contributed by atoms with Gasteiger partial charge in [0, 0.05) is 12.3 Å². The summed E-state index contributed by atoms with van der Waals surface area (Å²) < 4.78 is 20.3. The molecule has 0 unspecified atom stereocenters. The van der Waals surface area contributed by atoms with Crippen LogP contribution in [-0.4, -0.2) is 23.4 Å². The van der Waals surface area contributed by atoms with Gasteiger partial charge in [-0.25, -0.2) is 4.39 Å². The average Bonchev–Trinajstić information content (AvgIpc) is 2.79. The van der Waals surface area contributed by atoms with Gasteiger partial charge in [0.15, 0.2) is 0 Å². The Morgan fingerprint density at radius 3 is 2.76 bits per heavy atom. The molecule has 4 aliphatic rings. The first-order chi connectivity index (χ1) is 11.8. The van der Waals surface area contributed by atoms with Crippen LogP contribution in [0.1, 0.15) is 52.9 Å². The second-order valence-electron chi connectivity index (χ2n) is 9.18. The lowest BCUT2D eigenvalue weighted by Gasteiger charge is -2.57. The molecule has 0 aromatic carbocycles. The molecule has 0 heterocycles. The Balaban J connectivity index is 1.64. The first kappa shape index (κ1) is 17.1. The van der Waals surface area contributed by atoms with Crippen molar-refractivity contribution in [2.24, 2.45) is 34.5 Å². The Morgan fingerprint density at radius 1 is 1.28 bits per heavy atom. The Labute approximate surface area is 149 Å². The molecule has 0 bridgehead atoms. The second kappa shape index (κ2) is 5.59. The van der Waals surface area contributed by atoms with Crippen LogP contribution in [0.25, 0.3) is 0 Å². The van der Waals surface area contributed by atoms with Gasteiger partial charge in [-0.3, -0.25) is 4.79 Å². The molecule has 3 saturated carbocycles. The molecule has 0 radical (unpaired) electrons. The van der Waals surface area contributed by atoms with Crippen LogP contribution in [-0.2, 0) is 9.53 Å². The number of hydrogen-bond acceptors (Lipinski definition) is 3. The van der Waals surface area contributed by atoms with Crippen molar-refractivity contribution in [2.75, 3.05) is 0 Å². The van der Waals surface area contributed by atoms with Crippen molar-refractivity contribution >= 4 is 5.97 Å². The number of fused-ring (bicyclic) bond motifs is 5. The topological polar surface area (TPSA) is 46.5 Å². The SMILES string of the molecule is CC(=O)O[C@H]1[C@H](F)C[C@H]2[C@@H]3CC[C@@H]4C=C(O)C=C[C@]4(C)[C@H]3CC[C@@]21C. The fraction of sp³-hybridized carbons (Fsp3) is 0.762. The third-order valence-electron chi connectivity index (χ3n) is 8.02. The zero-order chi connectivity index (χ0) is 18.0. The molecule has 138 valence electrons. The molecule has 4 rings (SSSR count). The molecular formula is C21H29FO3. The van der Waals surface area contributed by atoms with Crippen molar-refractivity contribution in [1.29, 1.82) is 0 Å². The predicted molar refractivity (Wildman–Crippen MR) is 93.6 cm³/mol. The quantitative estimate of drug-likeness (QED) is 0.697. The summed E-state index contributed by atoms with van der Waals surface area (Å²) >= 11 is 0. The van der Waals surface area contributed by atoms with Crippen LogP contribution in [0.15, 0.2) is 24.0 Å². The summed E-state index contributed by atoms with van der Waals surface area (Å²) in [6, 6.07) is 0. The van der Waals surface area contributed by atoms with Crippen molar-refractivity contribution in [3.63, 3.8) is 0 Å². The summed E-state index contributed by atoms with van der Waals surface area (Å²) in [5.41, 5.74) is -0.201. The van der Waals surface area contributed by atoms with Gasteiger partial charge in [-0.05, 0) is 73.3 Å². The molecule has 1 N–H and O–H groups in total. The van der Waals surface area contributed by atoms with Gasteiger partial charge in [0.1, 0.15) is 18.0 Å². The number of hydrogen-bond donors (Lipinski definition) is 1. The number of ether oxygens (including phenoxy) is 1. The van der Waals surface area contributed by atoms with E-state index in [0.717, 1.165) is 25.7 Å². The zero-order valence-corrected chi connectivity index (χ0v) is 15.4. The van der Waals surface area contributed by atoms with E-state index in [0.29, 0.717) is 29.9 Å². The molecule has 0 saturated heterocycles. The molecule has 4 heteroatoms. The Kier molecular flexibility index (Phi) is 3.82. The smallest absolute Gasteiger partial charge is 0.303 e. The maximum atomic E-state index is 14.8. The Bertz CT molecular complexity index is 641. The molecule has 25 heavy (non-hydrogen) atoms. The molecule has 0 aromatic rings. The highest BCUT2D eigenvalue weighted by Crippen LogP contribution is 2.65. The van der Waals surface area contributed by atoms with Crippen molar-refractivity contribution in [1.82, 2.24) is 0 Å². The molecule has 0 aliphatic heterocycles. The van der Waals surface area contributed by atoms with E-state index in [1.54, 1.807) is 0 Å². The summed E-state index contributed by atoms with van der Waals surface area (Å²) in [5.74, 6) is 1.63. The van der Waals surface area contributed by atoms with Crippen LogP contribution in [0.2, 0.25) is 0 Å². The zero-order valence-electron chi connectivity index (χ0n) is 15.4. The van der Waals surface area contributed by atoms with Crippen LogP contribution in [0.3, 0.4) is 0 Å². The third kappa shape index (κ3) is 2.39. The minimum atomic E-state index is -1.05. The second-order valence-corrected chi connectivity index (χ2v) is 9.18. The first-order valence-corrected chi connectivity index (χ1v) is 9.67. The third-order valence-corrected chi connectivity index (χ3v) is 8.02. The summed E-state index contributed by atoms with van der Waals surface area (Å²) in [6.45, 7) is 5.83. The number of esters is 1. The lowest BCUT2D eigenvalue weighted by Crippen LogP contribution is -2.52. The van der Waals surface area contributed by atoms with Crippen LogP contribution in [0, 0.1) is 34.5 Å². The van der Waals surface area contributed by atoms with E-state index < -0.39 is 12.3 Å². The highest BCUT2D eigenvalue weighted by molar-refractivity contribution is 5.66. The summed E-state index contributed by atoms with van der Waals surface area (Å²) in [5, 5.41) is 9.88. The van der Waals surface area contributed by atoms with Gasteiger partial charge < -0.3 is 9.84 Å². The number of allylic oxidation sites excluding steroid dienone is 3. The van der Waals surface area contributed by atoms with Gasteiger partial charge in [0.05, 0.1) is 0 Å². The summed E-state index contributed by atoms with van der Waals surface area (Å²) in [4.78, 5) is 11.5. The van der Waals surface area contributed by atoms with E-state index >= 15 is 0 Å². The molecule has 8 atom stereocenters. The van der Waals surface area contributed by atoms with Crippen molar-refractivity contribution in [3.05, 3.63) is 24.0 Å². The van der Waals surface area contributed by atoms with Crippen molar-refractivity contribution in [2.45, 2.75) is 65.2 Å². The number of carbonyl (C=O) groups excluding carboxylic acids is 1. The lowest BCUT2D eigenvalue weighted by atomic mass is 9.47. The predicted octanol–water partition coefficient (Wildman–Crippen LogP) is 4.74. The maximum Gasteiger partial charge on any atom is 0.303 e. The molecule has 3 nitrogen and oxygen atoms in total. The van der Waals surface area contributed by atoms with Gasteiger partial charge in [-0.1, -0.05) is 19.9 Å². The van der Waals surface area contributed by atoms with E-state index in [4.69, 9.17) is 4.74 Å². The fourth-order valence-corrected chi connectivity index (χ4v) is 6.77. The maximum absolute atomic E-state index is 14.8. The number of halogens is 1. The highest BCUT2D eigenvalue weighted by Gasteiger charge is 2.63. The number of aliphatic hydroxyl groups is 1. The number of carbonyl (C=O) groups is 1. The van der Waals surface area contributed by atoms with Crippen molar-refractivity contribution in [3.8, 4) is 0 Å². The fourth-order valence-electron chi connectivity index (χ4n) is 6.77. The largest absolute Gasteiger partial charge is 0.508 e. The first-order valence-electron chi connectivity index (χ1n) is 9.67. The minimum Gasteiger partial charge on any atom is -0.508 e. The van der Waals surface area contributed by atoms with Crippen LogP contribution < -0.4 is 0 Å². The minimum absolute atomic E-state index is 0.0435.